The molecule has 0 aromatic rings. The van der Waals surface area contributed by atoms with Gasteiger partial charge in [-0.3, -0.25) is 0 Å². The number of hydrogen-bond acceptors (Lipinski definition) is 3. The maximum Gasteiger partial charge on any atom is 0.410 e. The fraction of sp³-hybridized carbons (Fsp3) is 0.909. The molecular formula is C11H23NO3. The summed E-state index contributed by atoms with van der Waals surface area (Å²) >= 11 is 0. The second-order valence-corrected chi connectivity index (χ2v) is 4.49. The van der Waals surface area contributed by atoms with E-state index in [9.17, 15) is 4.79 Å². The van der Waals surface area contributed by atoms with Gasteiger partial charge in [0, 0.05) is 19.7 Å². The van der Waals surface area contributed by atoms with Crippen LogP contribution in [0.4, 0.5) is 4.79 Å². The smallest absolute Gasteiger partial charge is 0.410 e. The first-order valence-electron chi connectivity index (χ1n) is 5.49. The predicted molar refractivity (Wildman–Crippen MR) is 59.8 cm³/mol. The molecule has 0 saturated heterocycles. The highest BCUT2D eigenvalue weighted by Gasteiger charge is 2.20. The van der Waals surface area contributed by atoms with Crippen molar-refractivity contribution >= 4 is 6.09 Å². The summed E-state index contributed by atoms with van der Waals surface area (Å²) in [5.41, 5.74) is -0.443. The number of hydrogen-bond donors (Lipinski definition) is 1. The van der Waals surface area contributed by atoms with Gasteiger partial charge in [-0.2, -0.15) is 0 Å². The Labute approximate surface area is 92.2 Å². The van der Waals surface area contributed by atoms with Gasteiger partial charge in [0.05, 0.1) is 0 Å². The molecule has 0 saturated carbocycles. The number of carbonyl (C=O) groups is 1. The highest BCUT2D eigenvalue weighted by atomic mass is 16.6. The van der Waals surface area contributed by atoms with Crippen LogP contribution in [0.15, 0.2) is 0 Å². The van der Waals surface area contributed by atoms with Gasteiger partial charge in [-0.1, -0.05) is 0 Å². The van der Waals surface area contributed by atoms with Gasteiger partial charge in [0.15, 0.2) is 0 Å². The summed E-state index contributed by atoms with van der Waals surface area (Å²) in [6, 6.07) is 0. The molecule has 0 radical (unpaired) electrons. The third-order valence-electron chi connectivity index (χ3n) is 1.87. The molecule has 1 N–H and O–H groups in total. The third kappa shape index (κ3) is 7.19. The molecule has 0 aliphatic rings. The van der Waals surface area contributed by atoms with Gasteiger partial charge < -0.3 is 14.7 Å². The number of rotatable bonds is 5. The Morgan fingerprint density at radius 1 is 1.33 bits per heavy atom. The number of aliphatic hydroxyl groups is 1. The summed E-state index contributed by atoms with van der Waals surface area (Å²) in [5, 5.41) is 8.64. The molecule has 0 rings (SSSR count). The van der Waals surface area contributed by atoms with Gasteiger partial charge in [-0.15, -0.1) is 0 Å². The van der Waals surface area contributed by atoms with Crippen molar-refractivity contribution in [2.45, 2.75) is 46.1 Å². The number of carbonyl (C=O) groups excluding carboxylic acids is 1. The molecule has 4 heteroatoms. The van der Waals surface area contributed by atoms with Gasteiger partial charge in [0.25, 0.3) is 0 Å². The average Bonchev–Trinajstić information content (AvgIpc) is 2.09. The van der Waals surface area contributed by atoms with Crippen molar-refractivity contribution in [2.75, 3.05) is 19.7 Å². The first kappa shape index (κ1) is 14.2. The minimum absolute atomic E-state index is 0.172. The lowest BCUT2D eigenvalue weighted by Crippen LogP contribution is -2.37. The van der Waals surface area contributed by atoms with Crippen molar-refractivity contribution in [1.82, 2.24) is 4.90 Å². The van der Waals surface area contributed by atoms with Gasteiger partial charge in [-0.25, -0.2) is 4.79 Å². The molecule has 0 aliphatic heterocycles. The molecule has 0 atom stereocenters. The van der Waals surface area contributed by atoms with Crippen LogP contribution in [0.2, 0.25) is 0 Å². The molecule has 0 aliphatic carbocycles. The van der Waals surface area contributed by atoms with Crippen molar-refractivity contribution < 1.29 is 14.6 Å². The lowest BCUT2D eigenvalue weighted by Gasteiger charge is -2.26. The molecule has 0 aromatic carbocycles. The quantitative estimate of drug-likeness (QED) is 0.717. The Morgan fingerprint density at radius 3 is 2.33 bits per heavy atom. The van der Waals surface area contributed by atoms with E-state index in [1.807, 2.05) is 27.7 Å². The first-order valence-corrected chi connectivity index (χ1v) is 5.49. The lowest BCUT2D eigenvalue weighted by molar-refractivity contribution is 0.0255. The van der Waals surface area contributed by atoms with Crippen LogP contribution >= 0.6 is 0 Å². The minimum Gasteiger partial charge on any atom is -0.444 e. The summed E-state index contributed by atoms with van der Waals surface area (Å²) in [6.45, 7) is 8.94. The fourth-order valence-corrected chi connectivity index (χ4v) is 1.12. The Bertz CT molecular complexity index is 187. The van der Waals surface area contributed by atoms with E-state index in [0.29, 0.717) is 13.1 Å². The second-order valence-electron chi connectivity index (χ2n) is 4.49. The van der Waals surface area contributed by atoms with Gasteiger partial charge in [-0.05, 0) is 40.5 Å². The minimum atomic E-state index is -0.443. The monoisotopic (exact) mass is 217 g/mol. The van der Waals surface area contributed by atoms with Crippen LogP contribution in [-0.2, 0) is 4.74 Å². The van der Waals surface area contributed by atoms with E-state index in [1.54, 1.807) is 4.90 Å². The Kier molecular flexibility index (Phi) is 6.32. The molecule has 0 bridgehead atoms. The molecule has 15 heavy (non-hydrogen) atoms. The van der Waals surface area contributed by atoms with E-state index in [2.05, 4.69) is 0 Å². The average molecular weight is 217 g/mol. The molecule has 0 aromatic heterocycles. The standard InChI is InChI=1S/C11H23NO3/c1-5-12(8-6-7-9-13)10(14)15-11(2,3)4/h13H,5-9H2,1-4H3. The highest BCUT2D eigenvalue weighted by Crippen LogP contribution is 2.10. The van der Waals surface area contributed by atoms with Crippen molar-refractivity contribution in [3.8, 4) is 0 Å². The summed E-state index contributed by atoms with van der Waals surface area (Å²) < 4.78 is 5.25. The summed E-state index contributed by atoms with van der Waals surface area (Å²) in [5.74, 6) is 0. The number of unbranched alkanes of at least 4 members (excludes halogenated alkanes) is 1. The largest absolute Gasteiger partial charge is 0.444 e. The van der Waals surface area contributed by atoms with Crippen LogP contribution in [0.5, 0.6) is 0 Å². The van der Waals surface area contributed by atoms with E-state index in [-0.39, 0.29) is 12.7 Å². The normalized spacial score (nSPS) is 11.3. The van der Waals surface area contributed by atoms with Crippen LogP contribution in [0.1, 0.15) is 40.5 Å². The summed E-state index contributed by atoms with van der Waals surface area (Å²) in [7, 11) is 0. The predicted octanol–water partition coefficient (Wildman–Crippen LogP) is 2.02. The zero-order chi connectivity index (χ0) is 11.9. The maximum atomic E-state index is 11.6. The number of aliphatic hydroxyl groups excluding tert-OH is 1. The Balaban J connectivity index is 3.99. The van der Waals surface area contributed by atoms with Crippen LogP contribution in [-0.4, -0.2) is 41.4 Å². The van der Waals surface area contributed by atoms with Crippen LogP contribution < -0.4 is 0 Å². The second kappa shape index (κ2) is 6.67. The lowest BCUT2D eigenvalue weighted by atomic mass is 10.2. The first-order chi connectivity index (χ1) is 6.90. The third-order valence-corrected chi connectivity index (χ3v) is 1.87. The fourth-order valence-electron chi connectivity index (χ4n) is 1.12. The summed E-state index contributed by atoms with van der Waals surface area (Å²) in [6.07, 6.45) is 1.26. The maximum absolute atomic E-state index is 11.6. The molecular weight excluding hydrogens is 194 g/mol. The van der Waals surface area contributed by atoms with Crippen LogP contribution in [0.25, 0.3) is 0 Å². The zero-order valence-corrected chi connectivity index (χ0v) is 10.2. The Morgan fingerprint density at radius 2 is 1.93 bits per heavy atom. The van der Waals surface area contributed by atoms with E-state index in [4.69, 9.17) is 9.84 Å². The summed E-state index contributed by atoms with van der Waals surface area (Å²) in [4.78, 5) is 13.3. The molecule has 1 amide bonds. The van der Waals surface area contributed by atoms with Gasteiger partial charge >= 0.3 is 6.09 Å². The molecule has 4 nitrogen and oxygen atoms in total. The van der Waals surface area contributed by atoms with E-state index >= 15 is 0 Å². The van der Waals surface area contributed by atoms with Crippen molar-refractivity contribution in [3.63, 3.8) is 0 Å². The van der Waals surface area contributed by atoms with Crippen molar-refractivity contribution in [2.24, 2.45) is 0 Å². The molecule has 90 valence electrons. The molecule has 0 fully saturated rings. The van der Waals surface area contributed by atoms with Crippen molar-refractivity contribution in [3.05, 3.63) is 0 Å². The van der Waals surface area contributed by atoms with E-state index in [1.165, 1.54) is 0 Å². The molecule has 0 unspecified atom stereocenters. The number of ether oxygens (including phenoxy) is 1. The van der Waals surface area contributed by atoms with Crippen LogP contribution in [0, 0.1) is 0 Å². The van der Waals surface area contributed by atoms with Crippen molar-refractivity contribution in [1.29, 1.82) is 0 Å². The molecule has 0 spiro atoms. The number of amides is 1. The number of nitrogens with zero attached hydrogens (tertiary/aromatic N) is 1. The van der Waals surface area contributed by atoms with E-state index in [0.717, 1.165) is 12.8 Å². The van der Waals surface area contributed by atoms with Gasteiger partial charge in [0.2, 0.25) is 0 Å². The molecule has 0 heterocycles. The van der Waals surface area contributed by atoms with E-state index < -0.39 is 5.60 Å². The van der Waals surface area contributed by atoms with Crippen LogP contribution in [0.3, 0.4) is 0 Å². The zero-order valence-electron chi connectivity index (χ0n) is 10.2. The topological polar surface area (TPSA) is 49.8 Å². The SMILES string of the molecule is CCN(CCCCO)C(=O)OC(C)(C)C. The Hall–Kier alpha value is -0.770. The van der Waals surface area contributed by atoms with Gasteiger partial charge in [0.1, 0.15) is 5.60 Å². The highest BCUT2D eigenvalue weighted by molar-refractivity contribution is 5.68.